The Hall–Kier alpha value is 0.680. The van der Waals surface area contributed by atoms with E-state index in [1.165, 1.54) is 9.80 Å². The van der Waals surface area contributed by atoms with Crippen LogP contribution in [0.4, 0.5) is 0 Å². The molecule has 0 aromatic heterocycles. The maximum absolute atomic E-state index is 12.7. The van der Waals surface area contributed by atoms with Crippen LogP contribution in [0.1, 0.15) is 26.7 Å². The van der Waals surface area contributed by atoms with Crippen LogP contribution < -0.4 is 0 Å². The summed E-state index contributed by atoms with van der Waals surface area (Å²) >= 11 is 35.3. The number of hydrogen-bond acceptors (Lipinski definition) is 2. The number of halogens is 6. The van der Waals surface area contributed by atoms with Crippen molar-refractivity contribution in [3.8, 4) is 0 Å². The fraction of sp³-hybridized carbons (Fsp3) is 0.857. The van der Waals surface area contributed by atoms with Gasteiger partial charge in [0.2, 0.25) is 11.8 Å². The highest BCUT2D eigenvalue weighted by Crippen LogP contribution is 2.40. The Balaban J connectivity index is 2.94. The predicted molar refractivity (Wildman–Crippen MR) is 101 cm³/mol. The second kappa shape index (κ2) is 8.14. The topological polar surface area (TPSA) is 40.6 Å². The van der Waals surface area contributed by atoms with E-state index in [9.17, 15) is 9.59 Å². The van der Waals surface area contributed by atoms with Gasteiger partial charge < -0.3 is 9.80 Å². The van der Waals surface area contributed by atoms with Gasteiger partial charge in [0.1, 0.15) is 12.1 Å². The van der Waals surface area contributed by atoms with Crippen LogP contribution in [0, 0.1) is 11.8 Å². The third-order valence-corrected chi connectivity index (χ3v) is 6.71. The number of carbonyl (C=O) groups excluding carboxylic acids is 2. The minimum atomic E-state index is -1.51. The monoisotopic (exact) mass is 458 g/mol. The van der Waals surface area contributed by atoms with Gasteiger partial charge in [0.05, 0.1) is 0 Å². The second-order valence-corrected chi connectivity index (χ2v) is 11.0. The van der Waals surface area contributed by atoms with Gasteiger partial charge in [-0.3, -0.25) is 9.59 Å². The molecule has 0 aromatic rings. The summed E-state index contributed by atoms with van der Waals surface area (Å²) in [4.78, 5) is 28.2. The molecule has 2 amide bonds. The molecule has 0 saturated carbocycles. The fourth-order valence-electron chi connectivity index (χ4n) is 2.56. The van der Waals surface area contributed by atoms with E-state index in [-0.39, 0.29) is 24.7 Å². The van der Waals surface area contributed by atoms with Crippen molar-refractivity contribution >= 4 is 81.4 Å². The van der Waals surface area contributed by atoms with Gasteiger partial charge in [0, 0.05) is 25.9 Å². The van der Waals surface area contributed by atoms with Gasteiger partial charge in [-0.2, -0.15) is 0 Å². The lowest BCUT2D eigenvalue weighted by Gasteiger charge is -2.44. The number of amides is 2. The van der Waals surface area contributed by atoms with Crippen LogP contribution in [0.25, 0.3) is 0 Å². The van der Waals surface area contributed by atoms with Crippen molar-refractivity contribution in [1.82, 2.24) is 9.80 Å². The van der Waals surface area contributed by atoms with Gasteiger partial charge in [-0.25, -0.2) is 0 Å². The Kier molecular flexibility index (Phi) is 7.71. The zero-order valence-corrected chi connectivity index (χ0v) is 18.2. The lowest BCUT2D eigenvalue weighted by atomic mass is 9.93. The van der Waals surface area contributed by atoms with Gasteiger partial charge in [-0.15, -0.1) is 0 Å². The highest BCUT2D eigenvalue weighted by atomic mass is 35.6. The molecule has 0 N–H and O–H groups in total. The lowest BCUT2D eigenvalue weighted by Crippen LogP contribution is -2.63. The average molecular weight is 461 g/mol. The first-order chi connectivity index (χ1) is 10.7. The Morgan fingerprint density at radius 3 is 1.25 bits per heavy atom. The van der Waals surface area contributed by atoms with E-state index in [1.807, 2.05) is 0 Å². The van der Waals surface area contributed by atoms with E-state index in [4.69, 9.17) is 69.6 Å². The number of rotatable bonds is 4. The summed E-state index contributed by atoms with van der Waals surface area (Å²) in [6.45, 7) is 3.44. The van der Waals surface area contributed by atoms with Crippen LogP contribution in [0.3, 0.4) is 0 Å². The number of likely N-dealkylation sites (N-methyl/N-ethyl adjacent to an activating group) is 2. The molecule has 0 aliphatic carbocycles. The van der Waals surface area contributed by atoms with Crippen molar-refractivity contribution in [1.29, 1.82) is 0 Å². The molecular formula is C14H20Cl6N2O2. The zero-order chi connectivity index (χ0) is 19.0. The molecule has 0 spiro atoms. The maximum Gasteiger partial charge on any atom is 0.245 e. The largest absolute Gasteiger partial charge is 0.332 e. The molecule has 0 radical (unpaired) electrons. The molecule has 1 aliphatic rings. The Bertz CT molecular complexity index is 447. The molecular weight excluding hydrogens is 441 g/mol. The summed E-state index contributed by atoms with van der Waals surface area (Å²) in [5.41, 5.74) is 0. The maximum atomic E-state index is 12.7. The number of hydrogen-bond donors (Lipinski definition) is 0. The molecule has 0 unspecified atom stereocenters. The van der Waals surface area contributed by atoms with Crippen molar-refractivity contribution in [3.05, 3.63) is 0 Å². The normalized spacial score (nSPS) is 25.9. The average Bonchev–Trinajstić information content (AvgIpc) is 2.43. The van der Waals surface area contributed by atoms with E-state index in [0.717, 1.165) is 0 Å². The van der Waals surface area contributed by atoms with Crippen LogP contribution >= 0.6 is 69.6 Å². The van der Waals surface area contributed by atoms with E-state index in [0.29, 0.717) is 0 Å². The zero-order valence-electron chi connectivity index (χ0n) is 13.7. The summed E-state index contributed by atoms with van der Waals surface area (Å²) in [6.07, 6.45) is 0.489. The minimum Gasteiger partial charge on any atom is -0.332 e. The first-order valence-electron chi connectivity index (χ1n) is 7.34. The quantitative estimate of drug-likeness (QED) is 0.581. The van der Waals surface area contributed by atoms with Crippen molar-refractivity contribution < 1.29 is 9.59 Å². The van der Waals surface area contributed by atoms with Crippen molar-refractivity contribution in [2.75, 3.05) is 14.1 Å². The van der Waals surface area contributed by atoms with Crippen LogP contribution in [0.5, 0.6) is 0 Å². The van der Waals surface area contributed by atoms with Gasteiger partial charge in [0.25, 0.3) is 0 Å². The van der Waals surface area contributed by atoms with Crippen LogP contribution in [-0.2, 0) is 9.59 Å². The van der Waals surface area contributed by atoms with E-state index in [1.54, 1.807) is 27.9 Å². The van der Waals surface area contributed by atoms with Gasteiger partial charge in [0.15, 0.2) is 7.59 Å². The molecule has 1 aliphatic heterocycles. The molecule has 1 fully saturated rings. The third-order valence-electron chi connectivity index (χ3n) is 4.47. The van der Waals surface area contributed by atoms with Crippen LogP contribution in [0.15, 0.2) is 0 Å². The minimum absolute atomic E-state index is 0.222. The number of alkyl halides is 6. The van der Waals surface area contributed by atoms with E-state index < -0.39 is 31.5 Å². The van der Waals surface area contributed by atoms with Gasteiger partial charge in [-0.05, 0) is 12.8 Å². The standard InChI is InChI=1S/C14H20Cl6N2O2/c1-7(13(15,16)17)5-9-11(23)22(4)10(12(24)21(9)3)6-8(2)14(18,19)20/h7-10H,5-6H2,1-4H3/t7-,8-,9-,10+/m0/s1. The van der Waals surface area contributed by atoms with Crippen LogP contribution in [-0.4, -0.2) is 55.4 Å². The Labute approximate surface area is 172 Å². The molecule has 4 atom stereocenters. The molecule has 1 heterocycles. The molecule has 140 valence electrons. The summed E-state index contributed by atoms with van der Waals surface area (Å²) in [5, 5.41) is 0. The third kappa shape index (κ3) is 5.34. The molecule has 10 heteroatoms. The highest BCUT2D eigenvalue weighted by molar-refractivity contribution is 6.68. The van der Waals surface area contributed by atoms with Crippen molar-refractivity contribution in [3.63, 3.8) is 0 Å². The summed E-state index contributed by atoms with van der Waals surface area (Å²) in [6, 6.07) is -1.38. The first-order valence-corrected chi connectivity index (χ1v) is 9.61. The van der Waals surface area contributed by atoms with Gasteiger partial charge in [-0.1, -0.05) is 83.5 Å². The Morgan fingerprint density at radius 1 is 0.792 bits per heavy atom. The van der Waals surface area contributed by atoms with Crippen molar-refractivity contribution in [2.24, 2.45) is 11.8 Å². The molecule has 0 aromatic carbocycles. The molecule has 0 bridgehead atoms. The lowest BCUT2D eigenvalue weighted by molar-refractivity contribution is -0.159. The number of carbonyl (C=O) groups is 2. The summed E-state index contributed by atoms with van der Waals surface area (Å²) < 4.78 is -3.02. The van der Waals surface area contributed by atoms with Gasteiger partial charge >= 0.3 is 0 Å². The summed E-state index contributed by atoms with van der Waals surface area (Å²) in [7, 11) is 3.13. The molecule has 24 heavy (non-hydrogen) atoms. The summed E-state index contributed by atoms with van der Waals surface area (Å²) in [5.74, 6) is -1.26. The SMILES string of the molecule is C[C@@H](C[C@@H]1C(=O)N(C)[C@@H](C[C@H](C)C(Cl)(Cl)Cl)C(=O)N1C)C(Cl)(Cl)Cl. The highest BCUT2D eigenvalue weighted by Gasteiger charge is 2.46. The smallest absolute Gasteiger partial charge is 0.245 e. The van der Waals surface area contributed by atoms with Crippen LogP contribution in [0.2, 0.25) is 0 Å². The number of nitrogens with zero attached hydrogens (tertiary/aromatic N) is 2. The molecule has 1 saturated heterocycles. The predicted octanol–water partition coefficient (Wildman–Crippen LogP) is 4.45. The second-order valence-electron chi connectivity index (χ2n) is 6.29. The first kappa shape index (κ1) is 22.7. The molecule has 4 nitrogen and oxygen atoms in total. The number of piperazine rings is 1. The van der Waals surface area contributed by atoms with E-state index in [2.05, 4.69) is 0 Å². The molecule has 1 rings (SSSR count). The Morgan fingerprint density at radius 2 is 1.04 bits per heavy atom. The van der Waals surface area contributed by atoms with E-state index >= 15 is 0 Å². The van der Waals surface area contributed by atoms with Crippen molar-refractivity contribution in [2.45, 2.75) is 46.4 Å². The fourth-order valence-corrected chi connectivity index (χ4v) is 3.10.